The first kappa shape index (κ1) is 14.9. The van der Waals surface area contributed by atoms with E-state index in [2.05, 4.69) is 10.1 Å². The molecule has 0 aromatic heterocycles. The van der Waals surface area contributed by atoms with Crippen molar-refractivity contribution in [3.05, 3.63) is 35.1 Å². The molecule has 1 aromatic carbocycles. The van der Waals surface area contributed by atoms with Gasteiger partial charge in [0.1, 0.15) is 5.82 Å². The van der Waals surface area contributed by atoms with Crippen molar-refractivity contribution in [3.63, 3.8) is 0 Å². The molecule has 0 spiro atoms. The molecule has 0 saturated carbocycles. The van der Waals surface area contributed by atoms with Crippen LogP contribution in [0.1, 0.15) is 15.9 Å². The molecular weight excluding hydrogens is 265 g/mol. The molecule has 1 aliphatic rings. The number of carbonyl (C=O) groups excluding carboxylic acids is 1. The van der Waals surface area contributed by atoms with Crippen LogP contribution in [0.3, 0.4) is 0 Å². The quantitative estimate of drug-likeness (QED) is 0.821. The standard InChI is InChI=1S/C14H18FNO4/c1-18-14(17)12-3-2-10(6-13(12)15)7-16-8-11-9-19-4-5-20-11/h2-3,6,11,16H,4-5,7-9H2,1H3. The van der Waals surface area contributed by atoms with Crippen molar-refractivity contribution in [2.45, 2.75) is 12.6 Å². The molecule has 0 amide bonds. The molecule has 6 heteroatoms. The number of benzene rings is 1. The Bertz CT molecular complexity index is 460. The molecule has 5 nitrogen and oxygen atoms in total. The number of esters is 1. The Morgan fingerprint density at radius 1 is 1.50 bits per heavy atom. The SMILES string of the molecule is COC(=O)c1ccc(CNCC2COCCO2)cc1F. The van der Waals surface area contributed by atoms with Gasteiger partial charge in [-0.1, -0.05) is 6.07 Å². The summed E-state index contributed by atoms with van der Waals surface area (Å²) >= 11 is 0. The molecule has 2 rings (SSSR count). The molecule has 0 aliphatic carbocycles. The second kappa shape index (κ2) is 7.33. The minimum absolute atomic E-state index is 0.0305. The first-order valence-electron chi connectivity index (χ1n) is 6.47. The van der Waals surface area contributed by atoms with Crippen LogP contribution in [0.4, 0.5) is 4.39 Å². The van der Waals surface area contributed by atoms with Gasteiger partial charge in [0.05, 0.1) is 38.6 Å². The average Bonchev–Trinajstić information content (AvgIpc) is 2.48. The van der Waals surface area contributed by atoms with Crippen molar-refractivity contribution in [2.75, 3.05) is 33.5 Å². The van der Waals surface area contributed by atoms with Gasteiger partial charge in [-0.15, -0.1) is 0 Å². The van der Waals surface area contributed by atoms with Crippen LogP contribution in [0.2, 0.25) is 0 Å². The maximum atomic E-state index is 13.7. The number of halogens is 1. The number of hydrogen-bond acceptors (Lipinski definition) is 5. The molecule has 1 unspecified atom stereocenters. The van der Waals surface area contributed by atoms with E-state index < -0.39 is 11.8 Å². The van der Waals surface area contributed by atoms with Gasteiger partial charge in [0.2, 0.25) is 0 Å². The Morgan fingerprint density at radius 3 is 3.00 bits per heavy atom. The lowest BCUT2D eigenvalue weighted by Gasteiger charge is -2.23. The van der Waals surface area contributed by atoms with E-state index in [9.17, 15) is 9.18 Å². The molecular formula is C14H18FNO4. The second-order valence-electron chi connectivity index (χ2n) is 4.50. The highest BCUT2D eigenvalue weighted by molar-refractivity contribution is 5.89. The van der Waals surface area contributed by atoms with Crippen molar-refractivity contribution in [1.29, 1.82) is 0 Å². The maximum absolute atomic E-state index is 13.7. The Morgan fingerprint density at radius 2 is 2.35 bits per heavy atom. The van der Waals surface area contributed by atoms with Crippen molar-refractivity contribution in [2.24, 2.45) is 0 Å². The van der Waals surface area contributed by atoms with E-state index in [0.717, 1.165) is 5.56 Å². The number of carbonyl (C=O) groups is 1. The highest BCUT2D eigenvalue weighted by Gasteiger charge is 2.14. The van der Waals surface area contributed by atoms with E-state index in [-0.39, 0.29) is 11.7 Å². The third-order valence-electron chi connectivity index (χ3n) is 3.02. The third-order valence-corrected chi connectivity index (χ3v) is 3.02. The summed E-state index contributed by atoms with van der Waals surface area (Å²) in [4.78, 5) is 11.3. The van der Waals surface area contributed by atoms with Crippen molar-refractivity contribution in [3.8, 4) is 0 Å². The Balaban J connectivity index is 1.84. The smallest absolute Gasteiger partial charge is 0.340 e. The first-order valence-corrected chi connectivity index (χ1v) is 6.47. The number of hydrogen-bond donors (Lipinski definition) is 1. The van der Waals surface area contributed by atoms with Crippen LogP contribution in [0.25, 0.3) is 0 Å². The molecule has 1 aromatic rings. The predicted octanol–water partition coefficient (Wildman–Crippen LogP) is 1.12. The molecule has 1 saturated heterocycles. The fourth-order valence-electron chi connectivity index (χ4n) is 1.98. The number of ether oxygens (including phenoxy) is 3. The van der Waals surface area contributed by atoms with Crippen LogP contribution < -0.4 is 5.32 Å². The summed E-state index contributed by atoms with van der Waals surface area (Å²) in [5.74, 6) is -1.25. The monoisotopic (exact) mass is 283 g/mol. The molecule has 1 atom stereocenters. The van der Waals surface area contributed by atoms with Gasteiger partial charge in [-0.25, -0.2) is 9.18 Å². The van der Waals surface area contributed by atoms with Gasteiger partial charge in [0, 0.05) is 13.1 Å². The van der Waals surface area contributed by atoms with E-state index >= 15 is 0 Å². The summed E-state index contributed by atoms with van der Waals surface area (Å²) in [6, 6.07) is 4.45. The average molecular weight is 283 g/mol. The van der Waals surface area contributed by atoms with Crippen molar-refractivity contribution in [1.82, 2.24) is 5.32 Å². The summed E-state index contributed by atoms with van der Waals surface area (Å²) in [6.07, 6.45) is 0.0305. The topological polar surface area (TPSA) is 56.8 Å². The van der Waals surface area contributed by atoms with Crippen LogP contribution in [0, 0.1) is 5.82 Å². The lowest BCUT2D eigenvalue weighted by Crippen LogP contribution is -2.37. The van der Waals surface area contributed by atoms with Crippen molar-refractivity contribution < 1.29 is 23.4 Å². The van der Waals surface area contributed by atoms with Crippen LogP contribution in [-0.4, -0.2) is 45.5 Å². The highest BCUT2D eigenvalue weighted by atomic mass is 19.1. The van der Waals surface area contributed by atoms with Gasteiger partial charge < -0.3 is 19.5 Å². The zero-order chi connectivity index (χ0) is 14.4. The summed E-state index contributed by atoms with van der Waals surface area (Å²) in [5.41, 5.74) is 0.701. The summed E-state index contributed by atoms with van der Waals surface area (Å²) in [6.45, 7) is 2.95. The molecule has 110 valence electrons. The molecule has 1 heterocycles. The lowest BCUT2D eigenvalue weighted by atomic mass is 10.1. The number of nitrogens with one attached hydrogen (secondary N) is 1. The summed E-state index contributed by atoms with van der Waals surface area (Å²) < 4.78 is 29.0. The van der Waals surface area contributed by atoms with Gasteiger partial charge in [-0.2, -0.15) is 0 Å². The van der Waals surface area contributed by atoms with Crippen LogP contribution in [0.5, 0.6) is 0 Å². The molecule has 1 aliphatic heterocycles. The van der Waals surface area contributed by atoms with E-state index in [4.69, 9.17) is 9.47 Å². The van der Waals surface area contributed by atoms with Gasteiger partial charge in [0.25, 0.3) is 0 Å². The minimum Gasteiger partial charge on any atom is -0.465 e. The molecule has 1 fully saturated rings. The normalized spacial score (nSPS) is 18.8. The van der Waals surface area contributed by atoms with Gasteiger partial charge in [-0.05, 0) is 17.7 Å². The molecule has 20 heavy (non-hydrogen) atoms. The number of rotatable bonds is 5. The highest BCUT2D eigenvalue weighted by Crippen LogP contribution is 2.11. The zero-order valence-electron chi connectivity index (χ0n) is 11.4. The molecule has 0 radical (unpaired) electrons. The van der Waals surface area contributed by atoms with Gasteiger partial charge in [-0.3, -0.25) is 0 Å². The first-order chi connectivity index (χ1) is 9.70. The predicted molar refractivity (Wildman–Crippen MR) is 70.0 cm³/mol. The Labute approximate surface area is 117 Å². The van der Waals surface area contributed by atoms with Gasteiger partial charge >= 0.3 is 5.97 Å². The van der Waals surface area contributed by atoms with Gasteiger partial charge in [0.15, 0.2) is 0 Å². The second-order valence-corrected chi connectivity index (χ2v) is 4.50. The van der Waals surface area contributed by atoms with Crippen LogP contribution in [0.15, 0.2) is 18.2 Å². The third kappa shape index (κ3) is 4.00. The summed E-state index contributed by atoms with van der Waals surface area (Å²) in [5, 5.41) is 3.17. The van der Waals surface area contributed by atoms with E-state index in [1.807, 2.05) is 0 Å². The fourth-order valence-corrected chi connectivity index (χ4v) is 1.98. The van der Waals surface area contributed by atoms with E-state index in [1.165, 1.54) is 19.2 Å². The Kier molecular flexibility index (Phi) is 5.46. The molecule has 1 N–H and O–H groups in total. The van der Waals surface area contributed by atoms with Crippen molar-refractivity contribution >= 4 is 5.97 Å². The molecule has 0 bridgehead atoms. The van der Waals surface area contributed by atoms with Crippen LogP contribution >= 0.6 is 0 Å². The summed E-state index contributed by atoms with van der Waals surface area (Å²) in [7, 11) is 1.23. The Hall–Kier alpha value is -1.50. The minimum atomic E-state index is -0.672. The van der Waals surface area contributed by atoms with E-state index in [1.54, 1.807) is 6.07 Å². The number of methoxy groups -OCH3 is 1. The lowest BCUT2D eigenvalue weighted by molar-refractivity contribution is -0.0864. The zero-order valence-corrected chi connectivity index (χ0v) is 11.4. The fraction of sp³-hybridized carbons (Fsp3) is 0.500. The maximum Gasteiger partial charge on any atom is 0.340 e. The van der Waals surface area contributed by atoms with Crippen LogP contribution in [-0.2, 0) is 20.8 Å². The van der Waals surface area contributed by atoms with E-state index in [0.29, 0.717) is 32.9 Å². The largest absolute Gasteiger partial charge is 0.465 e.